The lowest BCUT2D eigenvalue weighted by molar-refractivity contribution is 0.100. The first-order valence-electron chi connectivity index (χ1n) is 6.11. The second kappa shape index (κ2) is 6.54. The van der Waals surface area contributed by atoms with Gasteiger partial charge in [0.2, 0.25) is 5.91 Å². The van der Waals surface area contributed by atoms with E-state index in [2.05, 4.69) is 21.2 Å². The molecule has 0 spiro atoms. The van der Waals surface area contributed by atoms with Crippen molar-refractivity contribution >= 4 is 21.8 Å². The molecule has 0 unspecified atom stereocenters. The van der Waals surface area contributed by atoms with Gasteiger partial charge in [-0.3, -0.25) is 4.79 Å². The number of hydrogen-bond acceptors (Lipinski definition) is 3. The zero-order valence-corrected chi connectivity index (χ0v) is 12.6. The Morgan fingerprint density at radius 1 is 1.25 bits per heavy atom. The lowest BCUT2D eigenvalue weighted by Crippen LogP contribution is -2.10. The minimum atomic E-state index is -0.450. The third-order valence-electron chi connectivity index (χ3n) is 2.74. The molecule has 2 aromatic rings. The average Bonchev–Trinajstić information content (AvgIpc) is 2.43. The second-order valence-corrected chi connectivity index (χ2v) is 5.14. The van der Waals surface area contributed by atoms with E-state index in [1.165, 1.54) is 0 Å². The number of carbonyl (C=O) groups is 1. The molecule has 0 atom stereocenters. The molecule has 2 aromatic carbocycles. The van der Waals surface area contributed by atoms with Crippen LogP contribution < -0.4 is 15.8 Å². The number of hydrogen-bond donors (Lipinski definition) is 2. The summed E-state index contributed by atoms with van der Waals surface area (Å²) in [5, 5.41) is 3.09. The van der Waals surface area contributed by atoms with Gasteiger partial charge in [-0.05, 0) is 64.9 Å². The van der Waals surface area contributed by atoms with Crippen LogP contribution in [0.3, 0.4) is 0 Å². The van der Waals surface area contributed by atoms with E-state index in [0.717, 1.165) is 22.3 Å². The van der Waals surface area contributed by atoms with Gasteiger partial charge in [0, 0.05) is 12.1 Å². The molecule has 20 heavy (non-hydrogen) atoms. The Morgan fingerprint density at radius 2 is 1.95 bits per heavy atom. The van der Waals surface area contributed by atoms with Gasteiger partial charge in [0.05, 0.1) is 4.47 Å². The molecule has 0 aliphatic heterocycles. The van der Waals surface area contributed by atoms with Crippen molar-refractivity contribution < 1.29 is 9.53 Å². The fourth-order valence-corrected chi connectivity index (χ4v) is 2.26. The summed E-state index contributed by atoms with van der Waals surface area (Å²) in [5.74, 6) is 0.919. The molecule has 5 heteroatoms. The Kier molecular flexibility index (Phi) is 4.76. The zero-order chi connectivity index (χ0) is 14.5. The van der Waals surface area contributed by atoms with Gasteiger partial charge in [-0.2, -0.15) is 0 Å². The number of amides is 1. The third kappa shape index (κ3) is 3.59. The highest BCUT2D eigenvalue weighted by molar-refractivity contribution is 9.10. The van der Waals surface area contributed by atoms with Crippen LogP contribution >= 0.6 is 15.9 Å². The number of nitrogens with one attached hydrogen (secondary N) is 1. The van der Waals surface area contributed by atoms with Crippen LogP contribution in [0.5, 0.6) is 11.5 Å². The predicted molar refractivity (Wildman–Crippen MR) is 81.9 cm³/mol. The smallest absolute Gasteiger partial charge is 0.248 e. The number of ether oxygens (including phenoxy) is 1. The predicted octanol–water partition coefficient (Wildman–Crippen LogP) is 3.06. The van der Waals surface area contributed by atoms with Crippen LogP contribution in [0.15, 0.2) is 46.9 Å². The molecule has 2 rings (SSSR count). The van der Waals surface area contributed by atoms with Crippen molar-refractivity contribution in [2.24, 2.45) is 5.73 Å². The van der Waals surface area contributed by atoms with Crippen LogP contribution in [0, 0.1) is 0 Å². The average molecular weight is 335 g/mol. The summed E-state index contributed by atoms with van der Waals surface area (Å²) >= 11 is 3.49. The number of primary amides is 1. The number of carbonyl (C=O) groups excluding carboxylic acids is 1. The third-order valence-corrected chi connectivity index (χ3v) is 3.36. The van der Waals surface area contributed by atoms with Gasteiger partial charge in [-0.25, -0.2) is 0 Å². The van der Waals surface area contributed by atoms with E-state index in [0.29, 0.717) is 11.3 Å². The molecular formula is C15H15BrN2O2. The summed E-state index contributed by atoms with van der Waals surface area (Å²) in [6.07, 6.45) is 0. The summed E-state index contributed by atoms with van der Waals surface area (Å²) in [6.45, 7) is 0.798. The largest absolute Gasteiger partial charge is 0.456 e. The first kappa shape index (κ1) is 14.6. The van der Waals surface area contributed by atoms with E-state index >= 15 is 0 Å². The van der Waals surface area contributed by atoms with Gasteiger partial charge in [0.25, 0.3) is 0 Å². The highest BCUT2D eigenvalue weighted by Gasteiger charge is 2.05. The molecule has 0 fully saturated rings. The van der Waals surface area contributed by atoms with E-state index in [9.17, 15) is 4.79 Å². The number of benzene rings is 2. The Bertz CT molecular complexity index is 612. The van der Waals surface area contributed by atoms with Crippen LogP contribution in [0.1, 0.15) is 15.9 Å². The number of rotatable bonds is 5. The molecule has 0 bridgehead atoms. The van der Waals surface area contributed by atoms with Gasteiger partial charge in [-0.1, -0.05) is 6.07 Å². The van der Waals surface area contributed by atoms with Gasteiger partial charge < -0.3 is 15.8 Å². The Hall–Kier alpha value is -1.85. The zero-order valence-electron chi connectivity index (χ0n) is 11.0. The first-order chi connectivity index (χ1) is 9.60. The highest BCUT2D eigenvalue weighted by atomic mass is 79.9. The molecule has 0 radical (unpaired) electrons. The topological polar surface area (TPSA) is 64.3 Å². The van der Waals surface area contributed by atoms with Crippen molar-refractivity contribution in [1.82, 2.24) is 5.32 Å². The maximum Gasteiger partial charge on any atom is 0.248 e. The Balaban J connectivity index is 2.15. The van der Waals surface area contributed by atoms with E-state index in [4.69, 9.17) is 10.5 Å². The van der Waals surface area contributed by atoms with Crippen LogP contribution in [0.2, 0.25) is 0 Å². The molecule has 1 amide bonds. The number of nitrogens with two attached hydrogens (primary N) is 1. The first-order valence-corrected chi connectivity index (χ1v) is 6.90. The maximum absolute atomic E-state index is 11.0. The standard InChI is InChI=1S/C15H15BrN2O2/c1-18-9-10-2-7-14(13(16)8-10)20-12-5-3-11(4-6-12)15(17)19/h2-8,18H,9H2,1H3,(H2,17,19). The SMILES string of the molecule is CNCc1ccc(Oc2ccc(C(N)=O)cc2)c(Br)c1. The highest BCUT2D eigenvalue weighted by Crippen LogP contribution is 2.30. The summed E-state index contributed by atoms with van der Waals surface area (Å²) in [6, 6.07) is 12.6. The van der Waals surface area contributed by atoms with E-state index in [1.54, 1.807) is 24.3 Å². The molecule has 0 heterocycles. The van der Waals surface area contributed by atoms with Crippen molar-refractivity contribution in [3.05, 3.63) is 58.1 Å². The lowest BCUT2D eigenvalue weighted by Gasteiger charge is -2.09. The Labute approximate surface area is 126 Å². The fourth-order valence-electron chi connectivity index (χ4n) is 1.76. The van der Waals surface area contributed by atoms with Crippen LogP contribution in [-0.4, -0.2) is 13.0 Å². The number of halogens is 1. The quantitative estimate of drug-likeness (QED) is 0.883. The summed E-state index contributed by atoms with van der Waals surface area (Å²) in [5.41, 5.74) is 6.81. The molecule has 3 N–H and O–H groups in total. The van der Waals surface area contributed by atoms with Crippen LogP contribution in [0.25, 0.3) is 0 Å². The van der Waals surface area contributed by atoms with E-state index in [-0.39, 0.29) is 0 Å². The summed E-state index contributed by atoms with van der Waals surface area (Å²) in [4.78, 5) is 11.0. The molecule has 0 aliphatic rings. The van der Waals surface area contributed by atoms with Crippen molar-refractivity contribution in [1.29, 1.82) is 0 Å². The minimum Gasteiger partial charge on any atom is -0.456 e. The second-order valence-electron chi connectivity index (χ2n) is 4.29. The van der Waals surface area contributed by atoms with Crippen molar-refractivity contribution in [3.8, 4) is 11.5 Å². The molecule has 0 saturated heterocycles. The monoisotopic (exact) mass is 334 g/mol. The molecule has 104 valence electrons. The van der Waals surface area contributed by atoms with Gasteiger partial charge in [0.1, 0.15) is 11.5 Å². The van der Waals surface area contributed by atoms with Crippen LogP contribution in [0.4, 0.5) is 0 Å². The van der Waals surface area contributed by atoms with Gasteiger partial charge >= 0.3 is 0 Å². The minimum absolute atomic E-state index is 0.450. The van der Waals surface area contributed by atoms with E-state index < -0.39 is 5.91 Å². The van der Waals surface area contributed by atoms with Gasteiger partial charge in [0.15, 0.2) is 0 Å². The van der Waals surface area contributed by atoms with Crippen molar-refractivity contribution in [2.75, 3.05) is 7.05 Å². The van der Waals surface area contributed by atoms with Crippen LogP contribution in [-0.2, 0) is 6.54 Å². The summed E-state index contributed by atoms with van der Waals surface area (Å²) in [7, 11) is 1.90. The Morgan fingerprint density at radius 3 is 2.50 bits per heavy atom. The van der Waals surface area contributed by atoms with Crippen molar-refractivity contribution in [3.63, 3.8) is 0 Å². The molecule has 0 aromatic heterocycles. The normalized spacial score (nSPS) is 10.3. The maximum atomic E-state index is 11.0. The molecule has 0 aliphatic carbocycles. The molecule has 4 nitrogen and oxygen atoms in total. The lowest BCUT2D eigenvalue weighted by atomic mass is 10.2. The molecule has 0 saturated carbocycles. The van der Waals surface area contributed by atoms with E-state index in [1.807, 2.05) is 25.2 Å². The molecular weight excluding hydrogens is 320 g/mol. The summed E-state index contributed by atoms with van der Waals surface area (Å²) < 4.78 is 6.64. The van der Waals surface area contributed by atoms with Crippen molar-refractivity contribution in [2.45, 2.75) is 6.54 Å². The van der Waals surface area contributed by atoms with Gasteiger partial charge in [-0.15, -0.1) is 0 Å². The fraction of sp³-hybridized carbons (Fsp3) is 0.133.